The Labute approximate surface area is 92.0 Å². The highest BCUT2D eigenvalue weighted by molar-refractivity contribution is 5.82. The van der Waals surface area contributed by atoms with E-state index in [9.17, 15) is 4.79 Å². The van der Waals surface area contributed by atoms with Crippen molar-refractivity contribution in [1.82, 2.24) is 10.2 Å². The van der Waals surface area contributed by atoms with E-state index in [1.54, 1.807) is 7.11 Å². The van der Waals surface area contributed by atoms with Crippen molar-refractivity contribution in [3.8, 4) is 0 Å². The number of ether oxygens (including phenoxy) is 1. The molecule has 1 atom stereocenters. The summed E-state index contributed by atoms with van der Waals surface area (Å²) in [6, 6.07) is 0.277. The third-order valence-corrected chi connectivity index (χ3v) is 2.80. The largest absolute Gasteiger partial charge is 0.383 e. The Morgan fingerprint density at radius 1 is 1.60 bits per heavy atom. The molecule has 1 amide bonds. The number of nitrogens with zero attached hydrogens (tertiary/aromatic N) is 1. The van der Waals surface area contributed by atoms with Crippen molar-refractivity contribution in [3.05, 3.63) is 0 Å². The van der Waals surface area contributed by atoms with E-state index in [2.05, 4.69) is 5.32 Å². The molecule has 4 heteroatoms. The van der Waals surface area contributed by atoms with Crippen molar-refractivity contribution in [2.75, 3.05) is 26.8 Å². The third kappa shape index (κ3) is 3.47. The Hall–Kier alpha value is -0.610. The van der Waals surface area contributed by atoms with Gasteiger partial charge in [-0.2, -0.15) is 0 Å². The minimum absolute atomic E-state index is 0.0317. The fraction of sp³-hybridized carbons (Fsp3) is 0.909. The summed E-state index contributed by atoms with van der Waals surface area (Å²) in [7, 11) is 1.66. The predicted octanol–water partition coefficient (Wildman–Crippen LogP) is 0.622. The molecule has 0 saturated carbocycles. The molecule has 15 heavy (non-hydrogen) atoms. The van der Waals surface area contributed by atoms with Crippen LogP contribution in [0.25, 0.3) is 0 Å². The van der Waals surface area contributed by atoms with Crippen LogP contribution < -0.4 is 5.32 Å². The Bertz CT molecular complexity index is 201. The zero-order chi connectivity index (χ0) is 11.3. The summed E-state index contributed by atoms with van der Waals surface area (Å²) >= 11 is 0. The molecule has 1 saturated heterocycles. The summed E-state index contributed by atoms with van der Waals surface area (Å²) in [4.78, 5) is 14.0. The second-order valence-corrected chi connectivity index (χ2v) is 4.27. The molecule has 88 valence electrons. The molecule has 1 N–H and O–H groups in total. The van der Waals surface area contributed by atoms with Crippen molar-refractivity contribution in [2.45, 2.75) is 38.8 Å². The highest BCUT2D eigenvalue weighted by atomic mass is 16.5. The van der Waals surface area contributed by atoms with Gasteiger partial charge in [-0.1, -0.05) is 0 Å². The lowest BCUT2D eigenvalue weighted by Gasteiger charge is -2.29. The van der Waals surface area contributed by atoms with Crippen LogP contribution in [0, 0.1) is 0 Å². The van der Waals surface area contributed by atoms with Crippen LogP contribution in [0.5, 0.6) is 0 Å². The first-order chi connectivity index (χ1) is 7.16. The van der Waals surface area contributed by atoms with Crippen LogP contribution in [0.2, 0.25) is 0 Å². The van der Waals surface area contributed by atoms with Crippen LogP contribution in [0.15, 0.2) is 0 Å². The summed E-state index contributed by atoms with van der Waals surface area (Å²) in [5, 5.41) is 3.24. The Balaban J connectivity index is 2.49. The van der Waals surface area contributed by atoms with Crippen LogP contribution in [0.1, 0.15) is 26.7 Å². The molecule has 1 aliphatic heterocycles. The smallest absolute Gasteiger partial charge is 0.240 e. The Morgan fingerprint density at radius 2 is 2.33 bits per heavy atom. The van der Waals surface area contributed by atoms with E-state index < -0.39 is 0 Å². The van der Waals surface area contributed by atoms with E-state index >= 15 is 0 Å². The number of nitrogens with one attached hydrogen (secondary N) is 1. The average molecular weight is 214 g/mol. The van der Waals surface area contributed by atoms with Crippen molar-refractivity contribution in [3.63, 3.8) is 0 Å². The van der Waals surface area contributed by atoms with Crippen LogP contribution >= 0.6 is 0 Å². The van der Waals surface area contributed by atoms with E-state index in [1.165, 1.54) is 0 Å². The topological polar surface area (TPSA) is 41.6 Å². The first kappa shape index (κ1) is 12.5. The molecule has 0 aliphatic carbocycles. The van der Waals surface area contributed by atoms with Gasteiger partial charge in [-0.15, -0.1) is 0 Å². The molecule has 0 aromatic carbocycles. The number of methoxy groups -OCH3 is 1. The lowest BCUT2D eigenvalue weighted by atomic mass is 10.2. The van der Waals surface area contributed by atoms with Gasteiger partial charge in [0.15, 0.2) is 0 Å². The number of hydrogen-bond donors (Lipinski definition) is 1. The minimum Gasteiger partial charge on any atom is -0.383 e. The number of hydrogen-bond acceptors (Lipinski definition) is 3. The van der Waals surface area contributed by atoms with Crippen molar-refractivity contribution < 1.29 is 9.53 Å². The molecule has 1 aliphatic rings. The molecule has 0 unspecified atom stereocenters. The lowest BCUT2D eigenvalue weighted by Crippen LogP contribution is -2.47. The second kappa shape index (κ2) is 6.08. The summed E-state index contributed by atoms with van der Waals surface area (Å²) in [6.07, 6.45) is 2.07. The van der Waals surface area contributed by atoms with Gasteiger partial charge in [0.05, 0.1) is 12.6 Å². The average Bonchev–Trinajstić information content (AvgIpc) is 2.70. The Morgan fingerprint density at radius 3 is 2.80 bits per heavy atom. The maximum absolute atomic E-state index is 12.1. The quantitative estimate of drug-likeness (QED) is 0.729. The first-order valence-electron chi connectivity index (χ1n) is 5.69. The standard InChI is InChI=1S/C11H22N2O2/c1-9(2)13(7-8-15-3)11(14)10-5-4-6-12-10/h9-10,12H,4-8H2,1-3H3/t10-/m1/s1. The van der Waals surface area contributed by atoms with E-state index in [1.807, 2.05) is 18.7 Å². The van der Waals surface area contributed by atoms with Gasteiger partial charge in [0.1, 0.15) is 0 Å². The van der Waals surface area contributed by atoms with Gasteiger partial charge in [-0.3, -0.25) is 4.79 Å². The Kier molecular flexibility index (Phi) is 5.05. The van der Waals surface area contributed by atoms with Gasteiger partial charge >= 0.3 is 0 Å². The summed E-state index contributed by atoms with van der Waals surface area (Å²) < 4.78 is 5.02. The molecule has 1 rings (SSSR count). The normalized spacial score (nSPS) is 20.9. The summed E-state index contributed by atoms with van der Waals surface area (Å²) in [5.74, 6) is 0.222. The van der Waals surface area contributed by atoms with Crippen LogP contribution in [-0.2, 0) is 9.53 Å². The number of carbonyl (C=O) groups is 1. The third-order valence-electron chi connectivity index (χ3n) is 2.80. The SMILES string of the molecule is COCCN(C(=O)[C@H]1CCCN1)C(C)C. The molecular weight excluding hydrogens is 192 g/mol. The fourth-order valence-electron chi connectivity index (χ4n) is 1.91. The first-order valence-corrected chi connectivity index (χ1v) is 5.69. The lowest BCUT2D eigenvalue weighted by molar-refractivity contribution is -0.135. The molecule has 0 aromatic rings. The second-order valence-electron chi connectivity index (χ2n) is 4.27. The van der Waals surface area contributed by atoms with Gasteiger partial charge in [-0.25, -0.2) is 0 Å². The molecular formula is C11H22N2O2. The van der Waals surface area contributed by atoms with E-state index in [4.69, 9.17) is 4.74 Å². The zero-order valence-corrected chi connectivity index (χ0v) is 9.95. The van der Waals surface area contributed by atoms with E-state index in [0.29, 0.717) is 13.2 Å². The van der Waals surface area contributed by atoms with Crippen LogP contribution in [-0.4, -0.2) is 49.7 Å². The van der Waals surface area contributed by atoms with Crippen molar-refractivity contribution in [1.29, 1.82) is 0 Å². The molecule has 0 spiro atoms. The van der Waals surface area contributed by atoms with Gasteiger partial charge in [0.25, 0.3) is 0 Å². The van der Waals surface area contributed by atoms with Crippen LogP contribution in [0.3, 0.4) is 0 Å². The number of rotatable bonds is 5. The fourth-order valence-corrected chi connectivity index (χ4v) is 1.91. The van der Waals surface area contributed by atoms with Crippen LogP contribution in [0.4, 0.5) is 0 Å². The highest BCUT2D eigenvalue weighted by Gasteiger charge is 2.27. The van der Waals surface area contributed by atoms with Crippen molar-refractivity contribution >= 4 is 5.91 Å². The predicted molar refractivity (Wildman–Crippen MR) is 59.7 cm³/mol. The summed E-state index contributed by atoms with van der Waals surface area (Å²) in [5.41, 5.74) is 0. The minimum atomic E-state index is 0.0317. The van der Waals surface area contributed by atoms with E-state index in [-0.39, 0.29) is 18.0 Å². The number of carbonyl (C=O) groups excluding carboxylic acids is 1. The highest BCUT2D eigenvalue weighted by Crippen LogP contribution is 2.10. The molecule has 1 fully saturated rings. The van der Waals surface area contributed by atoms with Gasteiger partial charge in [0, 0.05) is 19.7 Å². The summed E-state index contributed by atoms with van der Waals surface area (Å²) in [6.45, 7) is 6.35. The monoisotopic (exact) mass is 214 g/mol. The molecule has 1 heterocycles. The van der Waals surface area contributed by atoms with Gasteiger partial charge in [-0.05, 0) is 33.2 Å². The van der Waals surface area contributed by atoms with Gasteiger partial charge < -0.3 is 15.0 Å². The molecule has 4 nitrogen and oxygen atoms in total. The molecule has 0 aromatic heterocycles. The van der Waals surface area contributed by atoms with Crippen molar-refractivity contribution in [2.24, 2.45) is 0 Å². The molecule has 0 radical (unpaired) electrons. The maximum atomic E-state index is 12.1. The number of amides is 1. The zero-order valence-electron chi connectivity index (χ0n) is 9.95. The maximum Gasteiger partial charge on any atom is 0.240 e. The molecule has 0 bridgehead atoms. The van der Waals surface area contributed by atoms with Gasteiger partial charge in [0.2, 0.25) is 5.91 Å². The van der Waals surface area contributed by atoms with E-state index in [0.717, 1.165) is 19.4 Å².